The highest BCUT2D eigenvalue weighted by atomic mass is 32.1. The van der Waals surface area contributed by atoms with Crippen LogP contribution in [-0.2, 0) is 6.54 Å². The first-order valence-electron chi connectivity index (χ1n) is 6.72. The average Bonchev–Trinajstić information content (AvgIpc) is 2.81. The van der Waals surface area contributed by atoms with Gasteiger partial charge in [0, 0.05) is 23.4 Å². The Morgan fingerprint density at radius 2 is 2.00 bits per heavy atom. The zero-order valence-corrected chi connectivity index (χ0v) is 12.4. The van der Waals surface area contributed by atoms with Gasteiger partial charge in [0.1, 0.15) is 0 Å². The van der Waals surface area contributed by atoms with Crippen LogP contribution in [0.2, 0.25) is 0 Å². The van der Waals surface area contributed by atoms with E-state index in [0.29, 0.717) is 12.0 Å². The Balaban J connectivity index is 2.14. The van der Waals surface area contributed by atoms with Crippen molar-refractivity contribution in [2.45, 2.75) is 65.5 Å². The summed E-state index contributed by atoms with van der Waals surface area (Å²) in [5.74, 6) is 2.15. The summed E-state index contributed by atoms with van der Waals surface area (Å²) >= 11 is 1.93. The van der Waals surface area contributed by atoms with Gasteiger partial charge in [0.05, 0.1) is 10.7 Å². The van der Waals surface area contributed by atoms with Crippen LogP contribution in [0, 0.1) is 5.92 Å². The maximum atomic E-state index is 4.88. The third-order valence-corrected chi connectivity index (χ3v) is 4.59. The van der Waals surface area contributed by atoms with Crippen LogP contribution in [0.1, 0.15) is 68.5 Å². The Hall–Kier alpha value is -0.410. The molecule has 1 saturated carbocycles. The van der Waals surface area contributed by atoms with Gasteiger partial charge in [-0.2, -0.15) is 0 Å². The van der Waals surface area contributed by atoms with Gasteiger partial charge in [0.25, 0.3) is 0 Å². The number of rotatable bonds is 5. The van der Waals surface area contributed by atoms with Gasteiger partial charge in [0.15, 0.2) is 0 Å². The Morgan fingerprint density at radius 1 is 1.35 bits per heavy atom. The van der Waals surface area contributed by atoms with E-state index in [2.05, 4.69) is 39.9 Å². The number of aromatic nitrogens is 1. The number of thiazole rings is 1. The Kier molecular flexibility index (Phi) is 3.88. The lowest BCUT2D eigenvalue weighted by molar-refractivity contribution is 0.588. The van der Waals surface area contributed by atoms with Gasteiger partial charge in [-0.05, 0) is 18.3 Å². The molecule has 17 heavy (non-hydrogen) atoms. The van der Waals surface area contributed by atoms with Crippen molar-refractivity contribution in [2.75, 3.05) is 0 Å². The van der Waals surface area contributed by atoms with Gasteiger partial charge in [-0.15, -0.1) is 11.3 Å². The maximum absolute atomic E-state index is 4.88. The molecule has 1 aromatic rings. The van der Waals surface area contributed by atoms with Crippen LogP contribution in [0.3, 0.4) is 0 Å². The summed E-state index contributed by atoms with van der Waals surface area (Å²) in [4.78, 5) is 6.33. The monoisotopic (exact) mass is 252 g/mol. The van der Waals surface area contributed by atoms with Crippen LogP contribution in [0.15, 0.2) is 0 Å². The second-order valence-electron chi connectivity index (χ2n) is 5.87. The number of hydrogen-bond donors (Lipinski definition) is 1. The van der Waals surface area contributed by atoms with E-state index >= 15 is 0 Å². The van der Waals surface area contributed by atoms with E-state index in [-0.39, 0.29) is 0 Å². The molecule has 1 aliphatic rings. The fraction of sp³-hybridized carbons (Fsp3) is 0.786. The van der Waals surface area contributed by atoms with Gasteiger partial charge in [-0.1, -0.05) is 34.6 Å². The second-order valence-corrected chi connectivity index (χ2v) is 6.99. The van der Waals surface area contributed by atoms with Crippen molar-refractivity contribution in [3.63, 3.8) is 0 Å². The third-order valence-electron chi connectivity index (χ3n) is 3.39. The van der Waals surface area contributed by atoms with Crippen molar-refractivity contribution in [3.8, 4) is 0 Å². The van der Waals surface area contributed by atoms with Crippen LogP contribution in [-0.4, -0.2) is 11.0 Å². The molecule has 0 bridgehead atoms. The molecule has 0 saturated heterocycles. The van der Waals surface area contributed by atoms with E-state index < -0.39 is 0 Å². The lowest BCUT2D eigenvalue weighted by atomic mass is 10.1. The Bertz CT molecular complexity index is 382. The number of nitrogens with one attached hydrogen (secondary N) is 1. The maximum Gasteiger partial charge on any atom is 0.0965 e. The lowest BCUT2D eigenvalue weighted by Gasteiger charge is -2.09. The number of nitrogens with zero attached hydrogens (tertiary/aromatic N) is 1. The highest BCUT2D eigenvalue weighted by molar-refractivity contribution is 7.11. The van der Waals surface area contributed by atoms with E-state index in [9.17, 15) is 0 Å². The van der Waals surface area contributed by atoms with E-state index in [1.54, 1.807) is 0 Å². The van der Waals surface area contributed by atoms with E-state index in [1.165, 1.54) is 22.0 Å². The molecule has 2 nitrogen and oxygen atoms in total. The SMILES string of the molecule is CC(C)NCc1sc(C2CC2C)nc1C(C)C. The van der Waals surface area contributed by atoms with Gasteiger partial charge in [-0.3, -0.25) is 0 Å². The summed E-state index contributed by atoms with van der Waals surface area (Å²) in [7, 11) is 0. The van der Waals surface area contributed by atoms with Crippen LogP contribution in [0.5, 0.6) is 0 Å². The van der Waals surface area contributed by atoms with E-state index in [4.69, 9.17) is 4.98 Å². The Morgan fingerprint density at radius 3 is 2.47 bits per heavy atom. The fourth-order valence-corrected chi connectivity index (χ4v) is 3.50. The topological polar surface area (TPSA) is 24.9 Å². The molecule has 0 aliphatic heterocycles. The average molecular weight is 252 g/mol. The summed E-state index contributed by atoms with van der Waals surface area (Å²) in [6.45, 7) is 12.2. The standard InChI is InChI=1S/C14H24N2S/c1-8(2)13-12(7-15-9(3)4)17-14(16-13)11-6-10(11)5/h8-11,15H,6-7H2,1-5H3. The van der Waals surface area contributed by atoms with Crippen molar-refractivity contribution in [2.24, 2.45) is 5.92 Å². The minimum absolute atomic E-state index is 0.540. The first kappa shape index (κ1) is 13.0. The summed E-state index contributed by atoms with van der Waals surface area (Å²) in [6, 6.07) is 0.542. The molecule has 0 spiro atoms. The highest BCUT2D eigenvalue weighted by Gasteiger charge is 2.37. The molecule has 0 amide bonds. The minimum atomic E-state index is 0.540. The normalized spacial score (nSPS) is 23.7. The molecule has 1 aliphatic carbocycles. The van der Waals surface area contributed by atoms with Gasteiger partial charge in [0.2, 0.25) is 0 Å². The molecular weight excluding hydrogens is 228 g/mol. The smallest absolute Gasteiger partial charge is 0.0965 e. The molecule has 1 N–H and O–H groups in total. The second kappa shape index (κ2) is 5.07. The van der Waals surface area contributed by atoms with Gasteiger partial charge in [-0.25, -0.2) is 4.98 Å². The molecule has 1 fully saturated rings. The van der Waals surface area contributed by atoms with Crippen molar-refractivity contribution >= 4 is 11.3 Å². The van der Waals surface area contributed by atoms with E-state index in [0.717, 1.165) is 18.4 Å². The summed E-state index contributed by atoms with van der Waals surface area (Å²) in [5.41, 5.74) is 1.32. The Labute approximate surface area is 109 Å². The van der Waals surface area contributed by atoms with Crippen molar-refractivity contribution in [1.82, 2.24) is 10.3 Å². The highest BCUT2D eigenvalue weighted by Crippen LogP contribution is 2.49. The van der Waals surface area contributed by atoms with Crippen LogP contribution >= 0.6 is 11.3 Å². The van der Waals surface area contributed by atoms with Gasteiger partial charge >= 0.3 is 0 Å². The van der Waals surface area contributed by atoms with Crippen LogP contribution in [0.25, 0.3) is 0 Å². The summed E-state index contributed by atoms with van der Waals surface area (Å²) in [5, 5.41) is 4.89. The largest absolute Gasteiger partial charge is 0.310 e. The third kappa shape index (κ3) is 3.08. The van der Waals surface area contributed by atoms with Crippen molar-refractivity contribution in [1.29, 1.82) is 0 Å². The van der Waals surface area contributed by atoms with Crippen LogP contribution < -0.4 is 5.32 Å². The molecule has 1 aromatic heterocycles. The molecule has 0 aromatic carbocycles. The van der Waals surface area contributed by atoms with Crippen molar-refractivity contribution < 1.29 is 0 Å². The van der Waals surface area contributed by atoms with Crippen molar-refractivity contribution in [3.05, 3.63) is 15.6 Å². The summed E-state index contributed by atoms with van der Waals surface area (Å²) < 4.78 is 0. The zero-order valence-electron chi connectivity index (χ0n) is 11.6. The van der Waals surface area contributed by atoms with Crippen LogP contribution in [0.4, 0.5) is 0 Å². The molecular formula is C14H24N2S. The summed E-state index contributed by atoms with van der Waals surface area (Å²) in [6.07, 6.45) is 1.34. The van der Waals surface area contributed by atoms with E-state index in [1.807, 2.05) is 11.3 Å². The zero-order chi connectivity index (χ0) is 12.6. The molecule has 3 heteroatoms. The van der Waals surface area contributed by atoms with Gasteiger partial charge < -0.3 is 5.32 Å². The fourth-order valence-electron chi connectivity index (χ4n) is 2.08. The predicted octanol–water partition coefficient (Wildman–Crippen LogP) is 3.89. The number of hydrogen-bond acceptors (Lipinski definition) is 3. The first-order chi connectivity index (χ1) is 7.99. The molecule has 2 unspecified atom stereocenters. The quantitative estimate of drug-likeness (QED) is 0.860. The predicted molar refractivity (Wildman–Crippen MR) is 74.7 cm³/mol. The molecule has 0 radical (unpaired) electrons. The molecule has 2 rings (SSSR count). The first-order valence-corrected chi connectivity index (χ1v) is 7.53. The molecule has 96 valence electrons. The lowest BCUT2D eigenvalue weighted by Crippen LogP contribution is -2.22. The molecule has 2 atom stereocenters. The molecule has 1 heterocycles. The minimum Gasteiger partial charge on any atom is -0.310 e.